The first kappa shape index (κ1) is 17.7. The number of rotatable bonds is 7. The molecule has 3 rings (SSSR count). The Hall–Kier alpha value is -3.15. The highest BCUT2D eigenvalue weighted by Gasteiger charge is 2.04. The zero-order valence-corrected chi connectivity index (χ0v) is 14.8. The summed E-state index contributed by atoms with van der Waals surface area (Å²) in [7, 11) is 0. The predicted molar refractivity (Wildman–Crippen MR) is 101 cm³/mol. The van der Waals surface area contributed by atoms with Crippen LogP contribution in [0.3, 0.4) is 0 Å². The lowest BCUT2D eigenvalue weighted by molar-refractivity contribution is 0.340. The lowest BCUT2D eigenvalue weighted by Crippen LogP contribution is -2.05. The van der Waals surface area contributed by atoms with Crippen molar-refractivity contribution in [2.24, 2.45) is 0 Å². The molecule has 0 amide bonds. The van der Waals surface area contributed by atoms with Gasteiger partial charge in [0.25, 0.3) is 0 Å². The Labute approximate surface area is 152 Å². The second kappa shape index (κ2) is 8.29. The molecule has 0 aliphatic rings. The summed E-state index contributed by atoms with van der Waals surface area (Å²) in [5.41, 5.74) is 1.89. The van der Waals surface area contributed by atoms with Crippen molar-refractivity contribution < 1.29 is 9.13 Å². The third-order valence-electron chi connectivity index (χ3n) is 3.66. The van der Waals surface area contributed by atoms with Gasteiger partial charge >= 0.3 is 0 Å². The van der Waals surface area contributed by atoms with E-state index in [0.29, 0.717) is 30.6 Å². The number of hydrogen-bond donors (Lipinski definition) is 2. The maximum Gasteiger partial charge on any atom is 0.136 e. The minimum absolute atomic E-state index is 0.242. The number of benzene rings is 2. The van der Waals surface area contributed by atoms with Crippen LogP contribution < -0.4 is 15.4 Å². The monoisotopic (exact) mass is 352 g/mol. The Kier molecular flexibility index (Phi) is 5.63. The Morgan fingerprint density at radius 3 is 2.35 bits per heavy atom. The normalized spacial score (nSPS) is 10.4. The zero-order valence-electron chi connectivity index (χ0n) is 14.8. The van der Waals surface area contributed by atoms with Crippen LogP contribution in [0.4, 0.5) is 21.7 Å². The van der Waals surface area contributed by atoms with E-state index in [2.05, 4.69) is 20.6 Å². The van der Waals surface area contributed by atoms with Crippen LogP contribution in [0.15, 0.2) is 54.6 Å². The molecule has 3 aromatic rings. The highest BCUT2D eigenvalue weighted by atomic mass is 19.1. The molecule has 5 nitrogen and oxygen atoms in total. The van der Waals surface area contributed by atoms with Crippen molar-refractivity contribution in [2.45, 2.75) is 20.4 Å². The minimum atomic E-state index is -0.242. The van der Waals surface area contributed by atoms with Crippen LogP contribution in [0.5, 0.6) is 5.75 Å². The van der Waals surface area contributed by atoms with E-state index in [9.17, 15) is 4.39 Å². The van der Waals surface area contributed by atoms with E-state index in [1.807, 2.05) is 44.2 Å². The number of anilines is 3. The van der Waals surface area contributed by atoms with Crippen molar-refractivity contribution in [3.63, 3.8) is 0 Å². The van der Waals surface area contributed by atoms with Gasteiger partial charge in [-0.3, -0.25) is 0 Å². The van der Waals surface area contributed by atoms with Crippen LogP contribution in [-0.4, -0.2) is 16.6 Å². The number of hydrogen-bond acceptors (Lipinski definition) is 5. The summed E-state index contributed by atoms with van der Waals surface area (Å²) in [4.78, 5) is 8.80. The molecule has 0 unspecified atom stereocenters. The molecule has 134 valence electrons. The maximum atomic E-state index is 13.0. The number of aromatic nitrogens is 2. The van der Waals surface area contributed by atoms with Gasteiger partial charge in [0.15, 0.2) is 0 Å². The SMILES string of the molecule is CCOc1ccc(Nc2cc(NCc3ccc(F)cc3)nc(C)n2)cc1. The minimum Gasteiger partial charge on any atom is -0.494 e. The molecule has 2 aromatic carbocycles. The third kappa shape index (κ3) is 4.92. The molecule has 0 fully saturated rings. The average molecular weight is 352 g/mol. The molecule has 0 aliphatic heterocycles. The van der Waals surface area contributed by atoms with Gasteiger partial charge in [-0.2, -0.15) is 0 Å². The van der Waals surface area contributed by atoms with Crippen LogP contribution >= 0.6 is 0 Å². The van der Waals surface area contributed by atoms with Crippen LogP contribution in [0, 0.1) is 12.7 Å². The molecule has 1 aromatic heterocycles. The van der Waals surface area contributed by atoms with Crippen LogP contribution in [-0.2, 0) is 6.54 Å². The molecule has 0 aliphatic carbocycles. The lowest BCUT2D eigenvalue weighted by atomic mass is 10.2. The molecule has 0 saturated heterocycles. The summed E-state index contributed by atoms with van der Waals surface area (Å²) in [5, 5.41) is 6.50. The summed E-state index contributed by atoms with van der Waals surface area (Å²) in [6.45, 7) is 4.99. The van der Waals surface area contributed by atoms with Gasteiger partial charge < -0.3 is 15.4 Å². The number of aryl methyl sites for hydroxylation is 1. The first-order valence-electron chi connectivity index (χ1n) is 8.46. The van der Waals surface area contributed by atoms with Crippen LogP contribution in [0.2, 0.25) is 0 Å². The highest BCUT2D eigenvalue weighted by molar-refractivity contribution is 5.60. The largest absolute Gasteiger partial charge is 0.494 e. The van der Waals surface area contributed by atoms with Crippen molar-refractivity contribution >= 4 is 17.3 Å². The van der Waals surface area contributed by atoms with Gasteiger partial charge in [-0.05, 0) is 55.8 Å². The van der Waals surface area contributed by atoms with Crippen molar-refractivity contribution in [3.8, 4) is 5.75 Å². The van der Waals surface area contributed by atoms with Gasteiger partial charge in [0.1, 0.15) is 29.0 Å². The van der Waals surface area contributed by atoms with E-state index < -0.39 is 0 Å². The van der Waals surface area contributed by atoms with Gasteiger partial charge in [-0.1, -0.05) is 12.1 Å². The van der Waals surface area contributed by atoms with Crippen LogP contribution in [0.1, 0.15) is 18.3 Å². The van der Waals surface area contributed by atoms with Crippen molar-refractivity contribution in [1.82, 2.24) is 9.97 Å². The first-order valence-corrected chi connectivity index (χ1v) is 8.46. The Morgan fingerprint density at radius 1 is 0.962 bits per heavy atom. The summed E-state index contributed by atoms with van der Waals surface area (Å²) >= 11 is 0. The fraction of sp³-hybridized carbons (Fsp3) is 0.200. The first-order chi connectivity index (χ1) is 12.6. The smallest absolute Gasteiger partial charge is 0.136 e. The van der Waals surface area contributed by atoms with Gasteiger partial charge in [0, 0.05) is 18.3 Å². The second-order valence-corrected chi connectivity index (χ2v) is 5.75. The number of nitrogens with one attached hydrogen (secondary N) is 2. The van der Waals surface area contributed by atoms with E-state index in [1.165, 1.54) is 12.1 Å². The van der Waals surface area contributed by atoms with E-state index in [0.717, 1.165) is 17.0 Å². The Balaban J connectivity index is 1.67. The number of halogens is 1. The van der Waals surface area contributed by atoms with Gasteiger partial charge in [-0.25, -0.2) is 14.4 Å². The van der Waals surface area contributed by atoms with E-state index in [-0.39, 0.29) is 5.82 Å². The average Bonchev–Trinajstić information content (AvgIpc) is 2.63. The fourth-order valence-electron chi connectivity index (χ4n) is 2.47. The summed E-state index contributed by atoms with van der Waals surface area (Å²) in [6, 6.07) is 15.9. The van der Waals surface area contributed by atoms with Gasteiger partial charge in [0.05, 0.1) is 6.61 Å². The van der Waals surface area contributed by atoms with Crippen LogP contribution in [0.25, 0.3) is 0 Å². The summed E-state index contributed by atoms with van der Waals surface area (Å²) < 4.78 is 18.4. The number of nitrogens with zero attached hydrogens (tertiary/aromatic N) is 2. The molecule has 0 atom stereocenters. The highest BCUT2D eigenvalue weighted by Crippen LogP contribution is 2.21. The topological polar surface area (TPSA) is 59.1 Å². The lowest BCUT2D eigenvalue weighted by Gasteiger charge is -2.11. The van der Waals surface area contributed by atoms with Crippen molar-refractivity contribution in [2.75, 3.05) is 17.2 Å². The van der Waals surface area contributed by atoms with E-state index >= 15 is 0 Å². The number of ether oxygens (including phenoxy) is 1. The van der Waals surface area contributed by atoms with E-state index in [1.54, 1.807) is 12.1 Å². The quantitative estimate of drug-likeness (QED) is 0.647. The zero-order chi connectivity index (χ0) is 18.4. The molecule has 0 saturated carbocycles. The molecule has 0 radical (unpaired) electrons. The molecule has 1 heterocycles. The Bertz CT molecular complexity index is 851. The Morgan fingerprint density at radius 2 is 1.65 bits per heavy atom. The summed E-state index contributed by atoms with van der Waals surface area (Å²) in [5.74, 6) is 2.65. The maximum absolute atomic E-state index is 13.0. The molecule has 0 spiro atoms. The van der Waals surface area contributed by atoms with Crippen molar-refractivity contribution in [3.05, 3.63) is 71.8 Å². The second-order valence-electron chi connectivity index (χ2n) is 5.75. The van der Waals surface area contributed by atoms with Gasteiger partial charge in [-0.15, -0.1) is 0 Å². The molecule has 26 heavy (non-hydrogen) atoms. The predicted octanol–water partition coefficient (Wildman–Crippen LogP) is 4.68. The molecular formula is C20H21FN4O. The molecule has 0 bridgehead atoms. The molecular weight excluding hydrogens is 331 g/mol. The standard InChI is InChI=1S/C20H21FN4O/c1-3-26-18-10-8-17(9-11-18)25-20-12-19(23-14(2)24-20)22-13-15-4-6-16(21)7-5-15/h4-12H,3,13H2,1-2H3,(H2,22,23,24,25). The van der Waals surface area contributed by atoms with Crippen molar-refractivity contribution in [1.29, 1.82) is 0 Å². The van der Waals surface area contributed by atoms with E-state index in [4.69, 9.17) is 4.74 Å². The summed E-state index contributed by atoms with van der Waals surface area (Å²) in [6.07, 6.45) is 0. The third-order valence-corrected chi connectivity index (χ3v) is 3.66. The molecule has 2 N–H and O–H groups in total. The van der Waals surface area contributed by atoms with Gasteiger partial charge in [0.2, 0.25) is 0 Å². The molecule has 6 heteroatoms. The fourth-order valence-corrected chi connectivity index (χ4v) is 2.47.